The zero-order valence-corrected chi connectivity index (χ0v) is 13.3. The minimum atomic E-state index is -0.105. The van der Waals surface area contributed by atoms with E-state index in [-0.39, 0.29) is 12.1 Å². The summed E-state index contributed by atoms with van der Waals surface area (Å²) in [6, 6.07) is 7.87. The molecule has 1 saturated heterocycles. The van der Waals surface area contributed by atoms with E-state index in [9.17, 15) is 4.79 Å². The van der Waals surface area contributed by atoms with Crippen LogP contribution in [0.15, 0.2) is 28.7 Å². The maximum atomic E-state index is 11.9. The molecule has 1 fully saturated rings. The molecule has 0 aromatic heterocycles. The third kappa shape index (κ3) is 4.80. The highest BCUT2D eigenvalue weighted by Crippen LogP contribution is 2.16. The van der Waals surface area contributed by atoms with Crippen molar-refractivity contribution in [2.45, 2.75) is 25.8 Å². The number of rotatable bonds is 4. The molecule has 1 heterocycles. The van der Waals surface area contributed by atoms with Crippen LogP contribution in [0.2, 0.25) is 0 Å². The van der Waals surface area contributed by atoms with Crippen molar-refractivity contribution in [1.82, 2.24) is 10.6 Å². The lowest BCUT2D eigenvalue weighted by Gasteiger charge is -2.23. The van der Waals surface area contributed by atoms with Crippen molar-refractivity contribution in [2.75, 3.05) is 19.8 Å². The van der Waals surface area contributed by atoms with Gasteiger partial charge in [0.25, 0.3) is 0 Å². The average molecular weight is 341 g/mol. The van der Waals surface area contributed by atoms with Crippen molar-refractivity contribution in [1.29, 1.82) is 0 Å². The van der Waals surface area contributed by atoms with Gasteiger partial charge in [0, 0.05) is 24.2 Å². The first kappa shape index (κ1) is 15.3. The molecule has 1 atom stereocenters. The molecule has 5 heteroatoms. The third-order valence-corrected chi connectivity index (χ3v) is 4.14. The molecule has 110 valence electrons. The number of carbonyl (C=O) groups is 1. The van der Waals surface area contributed by atoms with Crippen LogP contribution < -0.4 is 10.6 Å². The van der Waals surface area contributed by atoms with E-state index in [1.54, 1.807) is 0 Å². The number of urea groups is 1. The highest BCUT2D eigenvalue weighted by Gasteiger charge is 2.15. The Bertz CT molecular complexity index is 430. The Morgan fingerprint density at radius 2 is 2.00 bits per heavy atom. The first-order valence-electron chi connectivity index (χ1n) is 7.02. The summed E-state index contributed by atoms with van der Waals surface area (Å²) in [6.07, 6.45) is 2.06. The molecule has 1 aliphatic heterocycles. The molecule has 1 aliphatic rings. The zero-order valence-electron chi connectivity index (χ0n) is 11.7. The van der Waals surface area contributed by atoms with Crippen molar-refractivity contribution in [3.05, 3.63) is 34.3 Å². The summed E-state index contributed by atoms with van der Waals surface area (Å²) in [5, 5.41) is 5.91. The van der Waals surface area contributed by atoms with Gasteiger partial charge in [0.2, 0.25) is 0 Å². The molecule has 0 saturated carbocycles. The van der Waals surface area contributed by atoms with Crippen molar-refractivity contribution in [2.24, 2.45) is 5.92 Å². The molecule has 1 aromatic carbocycles. The van der Waals surface area contributed by atoms with E-state index in [1.165, 1.54) is 0 Å². The molecule has 2 amide bonds. The summed E-state index contributed by atoms with van der Waals surface area (Å²) in [5.41, 5.74) is 1.09. The maximum absolute atomic E-state index is 11.9. The van der Waals surface area contributed by atoms with E-state index >= 15 is 0 Å². The van der Waals surface area contributed by atoms with Gasteiger partial charge in [0.15, 0.2) is 0 Å². The normalized spacial score (nSPS) is 17.5. The van der Waals surface area contributed by atoms with Crippen molar-refractivity contribution >= 4 is 22.0 Å². The maximum Gasteiger partial charge on any atom is 0.315 e. The van der Waals surface area contributed by atoms with Gasteiger partial charge in [0.1, 0.15) is 0 Å². The molecule has 0 aliphatic carbocycles. The van der Waals surface area contributed by atoms with Gasteiger partial charge in [-0.25, -0.2) is 4.79 Å². The fourth-order valence-electron chi connectivity index (χ4n) is 2.27. The Morgan fingerprint density at radius 1 is 1.35 bits per heavy atom. The van der Waals surface area contributed by atoms with Crippen molar-refractivity contribution in [3.63, 3.8) is 0 Å². The summed E-state index contributed by atoms with van der Waals surface area (Å²) < 4.78 is 6.35. The fourth-order valence-corrected chi connectivity index (χ4v) is 2.53. The molecule has 0 unspecified atom stereocenters. The lowest BCUT2D eigenvalue weighted by molar-refractivity contribution is 0.0669. The Kier molecular flexibility index (Phi) is 5.86. The van der Waals surface area contributed by atoms with Gasteiger partial charge < -0.3 is 15.4 Å². The molecule has 0 bridgehead atoms. The smallest absolute Gasteiger partial charge is 0.315 e. The van der Waals surface area contributed by atoms with Crippen LogP contribution in [0.1, 0.15) is 31.4 Å². The van der Waals surface area contributed by atoms with Gasteiger partial charge in [-0.1, -0.05) is 28.1 Å². The largest absolute Gasteiger partial charge is 0.381 e. The van der Waals surface area contributed by atoms with Gasteiger partial charge >= 0.3 is 6.03 Å². The molecule has 2 N–H and O–H groups in total. The topological polar surface area (TPSA) is 50.4 Å². The minimum absolute atomic E-state index is 0.00205. The number of ether oxygens (including phenoxy) is 1. The number of hydrogen-bond acceptors (Lipinski definition) is 2. The van der Waals surface area contributed by atoms with Crippen molar-refractivity contribution < 1.29 is 9.53 Å². The Labute approximate surface area is 128 Å². The number of benzene rings is 1. The quantitative estimate of drug-likeness (QED) is 0.883. The average Bonchev–Trinajstić information content (AvgIpc) is 2.47. The van der Waals surface area contributed by atoms with Gasteiger partial charge in [-0.2, -0.15) is 0 Å². The second-order valence-corrected chi connectivity index (χ2v) is 6.10. The number of halogens is 1. The van der Waals surface area contributed by atoms with Crippen LogP contribution in [0, 0.1) is 5.92 Å². The molecule has 20 heavy (non-hydrogen) atoms. The monoisotopic (exact) mass is 340 g/mol. The van der Waals surface area contributed by atoms with E-state index in [4.69, 9.17) is 4.74 Å². The van der Waals surface area contributed by atoms with E-state index in [0.717, 1.165) is 42.6 Å². The fraction of sp³-hybridized carbons (Fsp3) is 0.533. The first-order valence-corrected chi connectivity index (χ1v) is 7.82. The van der Waals surface area contributed by atoms with Crippen LogP contribution >= 0.6 is 15.9 Å². The highest BCUT2D eigenvalue weighted by molar-refractivity contribution is 9.10. The lowest BCUT2D eigenvalue weighted by Crippen LogP contribution is -2.40. The Morgan fingerprint density at radius 3 is 2.65 bits per heavy atom. The summed E-state index contributed by atoms with van der Waals surface area (Å²) in [7, 11) is 0. The number of hydrogen-bond donors (Lipinski definition) is 2. The van der Waals surface area contributed by atoms with Gasteiger partial charge in [0.05, 0.1) is 6.04 Å². The second kappa shape index (κ2) is 7.64. The third-order valence-electron chi connectivity index (χ3n) is 3.61. The van der Waals surface area contributed by atoms with Crippen LogP contribution in [-0.2, 0) is 4.74 Å². The molecular formula is C15H21BrN2O2. The summed E-state index contributed by atoms with van der Waals surface area (Å²) in [4.78, 5) is 11.9. The first-order chi connectivity index (χ1) is 9.65. The standard InChI is InChI=1S/C15H21BrN2O2/c1-11(13-2-4-14(16)5-3-13)18-15(19)17-10-12-6-8-20-9-7-12/h2-5,11-12H,6-10H2,1H3,(H2,17,18,19)/t11-/m0/s1. The van der Waals surface area contributed by atoms with E-state index in [2.05, 4.69) is 26.6 Å². The van der Waals surface area contributed by atoms with Crippen LogP contribution in [0.25, 0.3) is 0 Å². The Balaban J connectivity index is 1.74. The van der Waals surface area contributed by atoms with Gasteiger partial charge in [-0.15, -0.1) is 0 Å². The predicted octanol–water partition coefficient (Wildman–Crippen LogP) is 3.24. The van der Waals surface area contributed by atoms with Crippen molar-refractivity contribution in [3.8, 4) is 0 Å². The second-order valence-electron chi connectivity index (χ2n) is 5.18. The van der Waals surface area contributed by atoms with E-state index in [1.807, 2.05) is 31.2 Å². The van der Waals surface area contributed by atoms with Crippen LogP contribution in [0.3, 0.4) is 0 Å². The zero-order chi connectivity index (χ0) is 14.4. The predicted molar refractivity (Wildman–Crippen MR) is 82.6 cm³/mol. The molecular weight excluding hydrogens is 320 g/mol. The minimum Gasteiger partial charge on any atom is -0.381 e. The summed E-state index contributed by atoms with van der Waals surface area (Å²) in [6.45, 7) is 4.33. The molecule has 2 rings (SSSR count). The van der Waals surface area contributed by atoms with E-state index in [0.29, 0.717) is 5.92 Å². The van der Waals surface area contributed by atoms with Crippen LogP contribution in [0.5, 0.6) is 0 Å². The lowest BCUT2D eigenvalue weighted by atomic mass is 10.0. The molecule has 0 spiro atoms. The van der Waals surface area contributed by atoms with Gasteiger partial charge in [-0.05, 0) is 43.4 Å². The molecule has 4 nitrogen and oxygen atoms in total. The number of amides is 2. The Hall–Kier alpha value is -1.07. The summed E-state index contributed by atoms with van der Waals surface area (Å²) in [5.74, 6) is 0.539. The summed E-state index contributed by atoms with van der Waals surface area (Å²) >= 11 is 3.40. The van der Waals surface area contributed by atoms with Gasteiger partial charge in [-0.3, -0.25) is 0 Å². The molecule has 0 radical (unpaired) electrons. The number of carbonyl (C=O) groups excluding carboxylic acids is 1. The van der Waals surface area contributed by atoms with E-state index < -0.39 is 0 Å². The molecule has 1 aromatic rings. The highest BCUT2D eigenvalue weighted by atomic mass is 79.9. The number of nitrogens with one attached hydrogen (secondary N) is 2. The van der Waals surface area contributed by atoms with Crippen LogP contribution in [-0.4, -0.2) is 25.8 Å². The SMILES string of the molecule is C[C@H](NC(=O)NCC1CCOCC1)c1ccc(Br)cc1. The van der Waals surface area contributed by atoms with Crippen LogP contribution in [0.4, 0.5) is 4.79 Å².